The summed E-state index contributed by atoms with van der Waals surface area (Å²) in [7, 11) is -2.86. The van der Waals surface area contributed by atoms with E-state index >= 15 is 0 Å². The van der Waals surface area contributed by atoms with Gasteiger partial charge in [-0.2, -0.15) is 0 Å². The van der Waals surface area contributed by atoms with E-state index in [2.05, 4.69) is 16.0 Å². The molecule has 7 nitrogen and oxygen atoms in total. The first-order valence-corrected chi connectivity index (χ1v) is 6.66. The lowest BCUT2D eigenvalue weighted by molar-refractivity contribution is -0.433. The van der Waals surface area contributed by atoms with E-state index < -0.39 is 21.5 Å². The van der Waals surface area contributed by atoms with Gasteiger partial charge in [-0.1, -0.05) is 11.1 Å². The number of carbonyl (C=O) groups is 2. The molecule has 2 unspecified atom stereocenters. The van der Waals surface area contributed by atoms with Crippen LogP contribution < -0.4 is 0 Å². The van der Waals surface area contributed by atoms with Crippen molar-refractivity contribution in [2.24, 2.45) is 0 Å². The molecule has 0 rings (SSSR count). The van der Waals surface area contributed by atoms with E-state index in [1.54, 1.807) is 0 Å². The van der Waals surface area contributed by atoms with E-state index in [-0.39, 0.29) is 25.3 Å². The summed E-state index contributed by atoms with van der Waals surface area (Å²) < 4.78 is 9.15. The van der Waals surface area contributed by atoms with Crippen molar-refractivity contribution in [3.63, 3.8) is 0 Å². The predicted molar refractivity (Wildman–Crippen MR) is 61.7 cm³/mol. The predicted octanol–water partition coefficient (Wildman–Crippen LogP) is 0.427. The maximum absolute atomic E-state index is 11.6. The zero-order valence-electron chi connectivity index (χ0n) is 9.40. The molecular formula is C9H16O7S. The minimum atomic E-state index is -2.86. The van der Waals surface area contributed by atoms with Gasteiger partial charge in [0.15, 0.2) is 5.62 Å². The van der Waals surface area contributed by atoms with Gasteiger partial charge in [0.1, 0.15) is 0 Å². The zero-order valence-corrected chi connectivity index (χ0v) is 10.2. The lowest BCUT2D eigenvalue weighted by Crippen LogP contribution is -2.24. The Kier molecular flexibility index (Phi) is 7.96. The zero-order chi connectivity index (χ0) is 13.3. The molecule has 100 valence electrons. The monoisotopic (exact) mass is 268 g/mol. The standard InChI is InChI=1S/C9H16O7S/c1-3-4-14-6-8(11)5-9(12)17(2,7-10)16-15-13/h3,7-8,11,13H,1,4-6H2,2H3. The Balaban J connectivity index is 4.21. The lowest BCUT2D eigenvalue weighted by atomic mass is 10.3. The van der Waals surface area contributed by atoms with E-state index in [9.17, 15) is 14.7 Å². The highest BCUT2D eigenvalue weighted by atomic mass is 32.3. The SMILES string of the molecule is C=CCOCC(O)CC(=O)S(C)(C=O)OOO. The summed E-state index contributed by atoms with van der Waals surface area (Å²) in [4.78, 5) is 22.3. The van der Waals surface area contributed by atoms with Crippen LogP contribution in [-0.4, -0.2) is 46.7 Å². The van der Waals surface area contributed by atoms with E-state index in [4.69, 9.17) is 9.99 Å². The molecule has 0 spiro atoms. The maximum atomic E-state index is 11.6. The van der Waals surface area contributed by atoms with Gasteiger partial charge in [0.2, 0.25) is 5.12 Å². The Labute approximate surface area is 100 Å². The van der Waals surface area contributed by atoms with Crippen molar-refractivity contribution in [1.82, 2.24) is 0 Å². The number of rotatable bonds is 9. The molecule has 8 heteroatoms. The highest BCUT2D eigenvalue weighted by Gasteiger charge is 2.31. The molecule has 0 heterocycles. The molecule has 2 atom stereocenters. The van der Waals surface area contributed by atoms with Gasteiger partial charge >= 0.3 is 0 Å². The molecule has 0 aromatic rings. The van der Waals surface area contributed by atoms with E-state index in [1.807, 2.05) is 0 Å². The summed E-state index contributed by atoms with van der Waals surface area (Å²) >= 11 is 0. The average molecular weight is 268 g/mol. The molecule has 0 aliphatic heterocycles. The van der Waals surface area contributed by atoms with Gasteiger partial charge in [0.25, 0.3) is 0 Å². The van der Waals surface area contributed by atoms with Gasteiger partial charge in [-0.25, -0.2) is 5.26 Å². The Morgan fingerprint density at radius 3 is 2.71 bits per heavy atom. The summed E-state index contributed by atoms with van der Waals surface area (Å²) in [5.41, 5.74) is 0.253. The van der Waals surface area contributed by atoms with Crippen LogP contribution in [0.4, 0.5) is 0 Å². The summed E-state index contributed by atoms with van der Waals surface area (Å²) in [6.45, 7) is 3.60. The number of aliphatic hydroxyl groups excluding tert-OH is 1. The molecule has 2 N–H and O–H groups in total. The third-order valence-electron chi connectivity index (χ3n) is 1.76. The quantitative estimate of drug-likeness (QED) is 0.205. The fraction of sp³-hybridized carbons (Fsp3) is 0.556. The summed E-state index contributed by atoms with van der Waals surface area (Å²) in [5, 5.41) is 20.2. The highest BCUT2D eigenvalue weighted by molar-refractivity contribution is 8.50. The first kappa shape index (κ1) is 16.2. The fourth-order valence-electron chi connectivity index (χ4n) is 0.875. The molecule has 0 radical (unpaired) electrons. The summed E-state index contributed by atoms with van der Waals surface area (Å²) in [5.74, 6) is 0. The molecule has 0 aromatic heterocycles. The molecule has 0 saturated carbocycles. The van der Waals surface area contributed by atoms with Gasteiger partial charge in [-0.3, -0.25) is 9.59 Å². The van der Waals surface area contributed by atoms with Crippen LogP contribution in [0.15, 0.2) is 12.7 Å². The Hall–Kier alpha value is -0.770. The molecule has 0 bridgehead atoms. The van der Waals surface area contributed by atoms with Crippen molar-refractivity contribution >= 4 is 21.0 Å². The van der Waals surface area contributed by atoms with E-state index in [0.717, 1.165) is 0 Å². The van der Waals surface area contributed by atoms with Gasteiger partial charge < -0.3 is 9.84 Å². The minimum Gasteiger partial charge on any atom is -0.390 e. The Morgan fingerprint density at radius 1 is 1.59 bits per heavy atom. The topological polar surface area (TPSA) is 102 Å². The van der Waals surface area contributed by atoms with Crippen LogP contribution in [0.1, 0.15) is 6.42 Å². The van der Waals surface area contributed by atoms with Crippen LogP contribution in [-0.2, 0) is 23.7 Å². The second-order valence-electron chi connectivity index (χ2n) is 3.20. The van der Waals surface area contributed by atoms with Gasteiger partial charge in [0, 0.05) is 23.0 Å². The second kappa shape index (κ2) is 8.34. The Bertz CT molecular complexity index is 270. The van der Waals surface area contributed by atoms with E-state index in [0.29, 0.717) is 0 Å². The van der Waals surface area contributed by atoms with Crippen LogP contribution in [0, 0.1) is 0 Å². The number of ether oxygens (including phenoxy) is 1. The first-order chi connectivity index (χ1) is 8.00. The van der Waals surface area contributed by atoms with Crippen LogP contribution in [0.5, 0.6) is 0 Å². The van der Waals surface area contributed by atoms with Crippen molar-refractivity contribution < 1.29 is 34.1 Å². The van der Waals surface area contributed by atoms with Crippen molar-refractivity contribution in [2.75, 3.05) is 19.5 Å². The smallest absolute Gasteiger partial charge is 0.205 e. The van der Waals surface area contributed by atoms with Gasteiger partial charge in [-0.15, -0.1) is 10.9 Å². The molecule has 0 amide bonds. The Morgan fingerprint density at radius 2 is 2.24 bits per heavy atom. The second-order valence-corrected chi connectivity index (χ2v) is 5.79. The maximum Gasteiger partial charge on any atom is 0.205 e. The van der Waals surface area contributed by atoms with Crippen molar-refractivity contribution in [1.29, 1.82) is 0 Å². The van der Waals surface area contributed by atoms with Crippen LogP contribution in [0.25, 0.3) is 0 Å². The lowest BCUT2D eigenvalue weighted by Gasteiger charge is -2.24. The number of hydrogen-bond acceptors (Lipinski definition) is 7. The molecule has 0 aliphatic rings. The largest absolute Gasteiger partial charge is 0.390 e. The molecular weight excluding hydrogens is 252 g/mol. The minimum absolute atomic E-state index is 0.0634. The normalized spacial score (nSPS) is 17.8. The number of hydrogen-bond donors (Lipinski definition) is 2. The van der Waals surface area contributed by atoms with Crippen LogP contribution >= 0.6 is 10.3 Å². The molecule has 0 saturated heterocycles. The molecule has 17 heavy (non-hydrogen) atoms. The van der Waals surface area contributed by atoms with Gasteiger partial charge in [-0.05, 0) is 0 Å². The average Bonchev–Trinajstić information content (AvgIpc) is 2.29. The third kappa shape index (κ3) is 5.91. The summed E-state index contributed by atoms with van der Waals surface area (Å²) in [6.07, 6.45) is 1.30. The highest BCUT2D eigenvalue weighted by Crippen LogP contribution is 2.44. The van der Waals surface area contributed by atoms with Crippen molar-refractivity contribution in [3.8, 4) is 0 Å². The summed E-state index contributed by atoms with van der Waals surface area (Å²) in [6, 6.07) is 0. The van der Waals surface area contributed by atoms with Crippen molar-refractivity contribution in [3.05, 3.63) is 12.7 Å². The molecule has 0 aliphatic carbocycles. The first-order valence-electron chi connectivity index (χ1n) is 4.63. The van der Waals surface area contributed by atoms with Crippen LogP contribution in [0.3, 0.4) is 0 Å². The van der Waals surface area contributed by atoms with Crippen LogP contribution in [0.2, 0.25) is 0 Å². The van der Waals surface area contributed by atoms with E-state index in [1.165, 1.54) is 12.3 Å². The third-order valence-corrected chi connectivity index (χ3v) is 3.54. The molecule has 0 aromatic carbocycles. The van der Waals surface area contributed by atoms with Gasteiger partial charge in [0.05, 0.1) is 19.3 Å². The van der Waals surface area contributed by atoms with Crippen molar-refractivity contribution in [2.45, 2.75) is 12.5 Å². The number of aliphatic hydroxyl groups is 1. The fourth-order valence-corrected chi connectivity index (χ4v) is 1.74. The number of carbonyl (C=O) groups excluding carboxylic acids is 2. The molecule has 0 fully saturated rings.